The van der Waals surface area contributed by atoms with Crippen molar-refractivity contribution in [2.45, 2.75) is 32.7 Å². The number of anilines is 1. The number of carbonyl (C=O) groups is 3. The summed E-state index contributed by atoms with van der Waals surface area (Å²) in [5.74, 6) is -0.291. The van der Waals surface area contributed by atoms with Crippen LogP contribution in [0.2, 0.25) is 0 Å². The van der Waals surface area contributed by atoms with Gasteiger partial charge in [0.25, 0.3) is 0 Å². The minimum atomic E-state index is -0.308. The van der Waals surface area contributed by atoms with Gasteiger partial charge >= 0.3 is 0 Å². The number of nitrogens with one attached hydrogen (secondary N) is 1. The Hall–Kier alpha value is -3.15. The summed E-state index contributed by atoms with van der Waals surface area (Å²) in [6.07, 6.45) is 1.58. The highest BCUT2D eigenvalue weighted by Gasteiger charge is 2.38. The van der Waals surface area contributed by atoms with Crippen LogP contribution >= 0.6 is 0 Å². The summed E-state index contributed by atoms with van der Waals surface area (Å²) in [5, 5.41) is 3.01. The number of hydrogen-bond donors (Lipinski definition) is 1. The molecule has 0 saturated carbocycles. The second-order valence-electron chi connectivity index (χ2n) is 8.54. The van der Waals surface area contributed by atoms with Gasteiger partial charge in [0.2, 0.25) is 17.7 Å². The monoisotopic (exact) mass is 419 g/mol. The van der Waals surface area contributed by atoms with Crippen LogP contribution in [0.4, 0.5) is 5.69 Å². The van der Waals surface area contributed by atoms with Gasteiger partial charge in [0.05, 0.1) is 5.92 Å². The molecule has 6 nitrogen and oxygen atoms in total. The molecule has 0 bridgehead atoms. The number of amides is 3. The predicted octanol–water partition coefficient (Wildman–Crippen LogP) is 2.90. The largest absolute Gasteiger partial charge is 0.352 e. The van der Waals surface area contributed by atoms with E-state index in [1.165, 1.54) is 0 Å². The molecule has 3 amide bonds. The maximum atomic E-state index is 13.0. The first-order valence-electron chi connectivity index (χ1n) is 11.0. The van der Waals surface area contributed by atoms with Crippen LogP contribution in [-0.2, 0) is 20.9 Å². The van der Waals surface area contributed by atoms with Crippen molar-refractivity contribution in [3.63, 3.8) is 0 Å². The van der Waals surface area contributed by atoms with Crippen molar-refractivity contribution in [2.75, 3.05) is 24.5 Å². The third kappa shape index (κ3) is 4.95. The molecule has 31 heavy (non-hydrogen) atoms. The van der Waals surface area contributed by atoms with E-state index in [4.69, 9.17) is 0 Å². The molecule has 0 aliphatic carbocycles. The highest BCUT2D eigenvalue weighted by molar-refractivity contribution is 6.00. The summed E-state index contributed by atoms with van der Waals surface area (Å²) in [7, 11) is 0. The molecule has 0 aromatic heterocycles. The van der Waals surface area contributed by atoms with Gasteiger partial charge in [0.1, 0.15) is 0 Å². The molecule has 1 unspecified atom stereocenters. The third-order valence-electron chi connectivity index (χ3n) is 6.31. The number of piperidine rings is 1. The molecule has 2 aromatic rings. The van der Waals surface area contributed by atoms with E-state index in [0.29, 0.717) is 39.0 Å². The molecule has 2 aromatic carbocycles. The Balaban J connectivity index is 1.27. The van der Waals surface area contributed by atoms with Crippen molar-refractivity contribution in [1.29, 1.82) is 0 Å². The van der Waals surface area contributed by atoms with E-state index in [1.807, 2.05) is 66.4 Å². The number of carbonyl (C=O) groups excluding carboxylic acids is 3. The first kappa shape index (κ1) is 21.1. The highest BCUT2D eigenvalue weighted by Crippen LogP contribution is 2.28. The average molecular weight is 420 g/mol. The van der Waals surface area contributed by atoms with Crippen molar-refractivity contribution in [3.8, 4) is 0 Å². The van der Waals surface area contributed by atoms with Crippen molar-refractivity contribution < 1.29 is 14.4 Å². The Morgan fingerprint density at radius 3 is 2.32 bits per heavy atom. The fourth-order valence-corrected chi connectivity index (χ4v) is 4.40. The van der Waals surface area contributed by atoms with Crippen LogP contribution < -0.4 is 10.2 Å². The van der Waals surface area contributed by atoms with Crippen LogP contribution in [0, 0.1) is 18.8 Å². The van der Waals surface area contributed by atoms with Gasteiger partial charge in [0, 0.05) is 44.2 Å². The average Bonchev–Trinajstić information content (AvgIpc) is 3.20. The molecule has 2 saturated heterocycles. The van der Waals surface area contributed by atoms with Gasteiger partial charge < -0.3 is 15.1 Å². The number of likely N-dealkylation sites (tertiary alicyclic amines) is 1. The normalized spacial score (nSPS) is 19.5. The molecule has 4 rings (SSSR count). The molecule has 2 fully saturated rings. The highest BCUT2D eigenvalue weighted by atomic mass is 16.2. The summed E-state index contributed by atoms with van der Waals surface area (Å²) in [6.45, 7) is 4.10. The first-order valence-corrected chi connectivity index (χ1v) is 11.0. The lowest BCUT2D eigenvalue weighted by atomic mass is 9.94. The zero-order valence-corrected chi connectivity index (χ0v) is 17.9. The second-order valence-corrected chi connectivity index (χ2v) is 8.54. The summed E-state index contributed by atoms with van der Waals surface area (Å²) >= 11 is 0. The zero-order valence-electron chi connectivity index (χ0n) is 17.9. The lowest BCUT2D eigenvalue weighted by molar-refractivity contribution is -0.139. The Morgan fingerprint density at radius 1 is 0.968 bits per heavy atom. The number of nitrogens with zero attached hydrogens (tertiary/aromatic N) is 2. The van der Waals surface area contributed by atoms with E-state index >= 15 is 0 Å². The molecule has 6 heteroatoms. The number of rotatable bonds is 5. The van der Waals surface area contributed by atoms with Crippen LogP contribution in [0.25, 0.3) is 0 Å². The maximum absolute atomic E-state index is 13.0. The number of aryl methyl sites for hydroxylation is 1. The van der Waals surface area contributed by atoms with E-state index in [9.17, 15) is 14.4 Å². The van der Waals surface area contributed by atoms with E-state index in [0.717, 1.165) is 16.8 Å². The molecule has 2 heterocycles. The van der Waals surface area contributed by atoms with Crippen LogP contribution in [0.1, 0.15) is 30.4 Å². The summed E-state index contributed by atoms with van der Waals surface area (Å²) in [6, 6.07) is 17.7. The maximum Gasteiger partial charge on any atom is 0.228 e. The lowest BCUT2D eigenvalue weighted by Crippen LogP contribution is -2.45. The van der Waals surface area contributed by atoms with E-state index in [-0.39, 0.29) is 36.0 Å². The summed E-state index contributed by atoms with van der Waals surface area (Å²) in [5.41, 5.74) is 3.06. The smallest absolute Gasteiger partial charge is 0.228 e. The quantitative estimate of drug-likeness (QED) is 0.810. The fraction of sp³-hybridized carbons (Fsp3) is 0.400. The Morgan fingerprint density at radius 2 is 1.65 bits per heavy atom. The van der Waals surface area contributed by atoms with Crippen molar-refractivity contribution in [2.24, 2.45) is 11.8 Å². The second kappa shape index (κ2) is 9.33. The summed E-state index contributed by atoms with van der Waals surface area (Å²) < 4.78 is 0. The SMILES string of the molecule is Cc1ccc(N2CC(C(=O)N3CCC(C(=O)NCc4ccccc4)CC3)CC2=O)cc1. The van der Waals surface area contributed by atoms with Gasteiger partial charge in [0.15, 0.2) is 0 Å². The molecular weight excluding hydrogens is 390 g/mol. The van der Waals surface area contributed by atoms with Gasteiger partial charge in [-0.1, -0.05) is 48.0 Å². The lowest BCUT2D eigenvalue weighted by Gasteiger charge is -2.33. The number of benzene rings is 2. The fourth-order valence-electron chi connectivity index (χ4n) is 4.40. The van der Waals surface area contributed by atoms with Crippen LogP contribution in [0.5, 0.6) is 0 Å². The first-order chi connectivity index (χ1) is 15.0. The Labute approximate surface area is 183 Å². The van der Waals surface area contributed by atoms with Crippen LogP contribution in [-0.4, -0.2) is 42.3 Å². The minimum Gasteiger partial charge on any atom is -0.352 e. The molecule has 2 aliphatic rings. The molecule has 162 valence electrons. The van der Waals surface area contributed by atoms with Gasteiger partial charge in [-0.2, -0.15) is 0 Å². The standard InChI is InChI=1S/C25H29N3O3/c1-18-7-9-22(10-8-18)28-17-21(15-23(28)29)25(31)27-13-11-20(12-14-27)24(30)26-16-19-5-3-2-4-6-19/h2-10,20-21H,11-17H2,1H3,(H,26,30). The zero-order chi connectivity index (χ0) is 21.8. The minimum absolute atomic E-state index is 0.00243. The molecule has 0 spiro atoms. The van der Waals surface area contributed by atoms with E-state index < -0.39 is 0 Å². The predicted molar refractivity (Wildman–Crippen MR) is 119 cm³/mol. The Bertz CT molecular complexity index is 934. The van der Waals surface area contributed by atoms with Gasteiger partial charge in [-0.25, -0.2) is 0 Å². The van der Waals surface area contributed by atoms with E-state index in [1.54, 1.807) is 4.90 Å². The number of hydrogen-bond acceptors (Lipinski definition) is 3. The van der Waals surface area contributed by atoms with E-state index in [2.05, 4.69) is 5.32 Å². The molecule has 0 radical (unpaired) electrons. The van der Waals surface area contributed by atoms with Crippen molar-refractivity contribution in [3.05, 3.63) is 65.7 Å². The van der Waals surface area contributed by atoms with Crippen LogP contribution in [0.3, 0.4) is 0 Å². The molecule has 2 aliphatic heterocycles. The molecular formula is C25H29N3O3. The molecule has 1 N–H and O–H groups in total. The Kier molecular flexibility index (Phi) is 6.35. The summed E-state index contributed by atoms with van der Waals surface area (Å²) in [4.78, 5) is 41.6. The van der Waals surface area contributed by atoms with Gasteiger partial charge in [-0.3, -0.25) is 14.4 Å². The van der Waals surface area contributed by atoms with Gasteiger partial charge in [-0.05, 0) is 37.5 Å². The third-order valence-corrected chi connectivity index (χ3v) is 6.31. The molecule has 1 atom stereocenters. The van der Waals surface area contributed by atoms with Gasteiger partial charge in [-0.15, -0.1) is 0 Å². The van der Waals surface area contributed by atoms with Crippen molar-refractivity contribution >= 4 is 23.4 Å². The van der Waals surface area contributed by atoms with Crippen molar-refractivity contribution in [1.82, 2.24) is 10.2 Å². The topological polar surface area (TPSA) is 69.7 Å². The van der Waals surface area contributed by atoms with Crippen LogP contribution in [0.15, 0.2) is 54.6 Å².